The SMILES string of the molecule is CNC(C)c1cccc2c1N(C)CC2C. The first-order valence-electron chi connectivity index (χ1n) is 5.66. The van der Waals surface area contributed by atoms with E-state index in [1.807, 2.05) is 7.05 Å². The van der Waals surface area contributed by atoms with E-state index < -0.39 is 0 Å². The van der Waals surface area contributed by atoms with E-state index in [9.17, 15) is 0 Å². The number of hydrogen-bond donors (Lipinski definition) is 1. The maximum absolute atomic E-state index is 3.32. The Hall–Kier alpha value is -1.02. The number of anilines is 1. The lowest BCUT2D eigenvalue weighted by molar-refractivity contribution is 0.651. The fourth-order valence-electron chi connectivity index (χ4n) is 2.52. The van der Waals surface area contributed by atoms with Crippen molar-refractivity contribution < 1.29 is 0 Å². The van der Waals surface area contributed by atoms with Crippen molar-refractivity contribution in [1.29, 1.82) is 0 Å². The van der Waals surface area contributed by atoms with Gasteiger partial charge in [0.15, 0.2) is 0 Å². The van der Waals surface area contributed by atoms with Crippen molar-refractivity contribution in [2.24, 2.45) is 0 Å². The fourth-order valence-corrected chi connectivity index (χ4v) is 2.52. The molecule has 0 saturated carbocycles. The highest BCUT2D eigenvalue weighted by Gasteiger charge is 2.26. The van der Waals surface area contributed by atoms with Crippen molar-refractivity contribution in [3.8, 4) is 0 Å². The fraction of sp³-hybridized carbons (Fsp3) is 0.538. The highest BCUT2D eigenvalue weighted by Crippen LogP contribution is 2.39. The van der Waals surface area contributed by atoms with Crippen molar-refractivity contribution in [2.45, 2.75) is 25.8 Å². The summed E-state index contributed by atoms with van der Waals surface area (Å²) in [4.78, 5) is 2.38. The van der Waals surface area contributed by atoms with Crippen LogP contribution in [0.4, 0.5) is 5.69 Å². The molecule has 0 radical (unpaired) electrons. The van der Waals surface area contributed by atoms with Crippen LogP contribution in [0.15, 0.2) is 18.2 Å². The third-order valence-corrected chi connectivity index (χ3v) is 3.46. The zero-order valence-corrected chi connectivity index (χ0v) is 10.0. The predicted molar refractivity (Wildman–Crippen MR) is 65.6 cm³/mol. The molecule has 1 heterocycles. The molecule has 1 N–H and O–H groups in total. The first-order chi connectivity index (χ1) is 7.15. The highest BCUT2D eigenvalue weighted by atomic mass is 15.1. The molecule has 1 aliphatic rings. The van der Waals surface area contributed by atoms with Gasteiger partial charge in [-0.05, 0) is 25.1 Å². The van der Waals surface area contributed by atoms with E-state index in [1.165, 1.54) is 16.8 Å². The number of benzene rings is 1. The van der Waals surface area contributed by atoms with Gasteiger partial charge < -0.3 is 10.2 Å². The lowest BCUT2D eigenvalue weighted by Crippen LogP contribution is -2.19. The average Bonchev–Trinajstić information content (AvgIpc) is 2.54. The van der Waals surface area contributed by atoms with Gasteiger partial charge in [-0.1, -0.05) is 25.1 Å². The van der Waals surface area contributed by atoms with E-state index in [1.54, 1.807) is 0 Å². The second-order valence-electron chi connectivity index (χ2n) is 4.58. The van der Waals surface area contributed by atoms with E-state index in [-0.39, 0.29) is 0 Å². The minimum Gasteiger partial charge on any atom is -0.373 e. The molecular formula is C13H20N2. The highest BCUT2D eigenvalue weighted by molar-refractivity contribution is 5.65. The number of likely N-dealkylation sites (N-methyl/N-ethyl adjacent to an activating group) is 1. The van der Waals surface area contributed by atoms with Crippen LogP contribution in [-0.4, -0.2) is 20.6 Å². The van der Waals surface area contributed by atoms with Gasteiger partial charge in [-0.25, -0.2) is 0 Å². The standard InChI is InChI=1S/C13H20N2/c1-9-8-15(4)13-11(9)6-5-7-12(13)10(2)14-3/h5-7,9-10,14H,8H2,1-4H3. The monoisotopic (exact) mass is 204 g/mol. The Morgan fingerprint density at radius 2 is 2.20 bits per heavy atom. The zero-order chi connectivity index (χ0) is 11.0. The third kappa shape index (κ3) is 1.63. The Kier molecular flexibility index (Phi) is 2.70. The summed E-state index contributed by atoms with van der Waals surface area (Å²) in [6.07, 6.45) is 0. The largest absolute Gasteiger partial charge is 0.373 e. The maximum Gasteiger partial charge on any atom is 0.0448 e. The molecule has 82 valence electrons. The number of nitrogens with zero attached hydrogens (tertiary/aromatic N) is 1. The smallest absolute Gasteiger partial charge is 0.0448 e. The van der Waals surface area contributed by atoms with Crippen molar-refractivity contribution in [1.82, 2.24) is 5.32 Å². The summed E-state index contributed by atoms with van der Waals surface area (Å²) in [6.45, 7) is 5.66. The first kappa shape index (κ1) is 10.5. The molecule has 0 saturated heterocycles. The van der Waals surface area contributed by atoms with Gasteiger partial charge in [0, 0.05) is 31.2 Å². The van der Waals surface area contributed by atoms with Crippen LogP contribution in [-0.2, 0) is 0 Å². The molecule has 0 spiro atoms. The summed E-state index contributed by atoms with van der Waals surface area (Å²) in [5, 5.41) is 3.32. The van der Waals surface area contributed by atoms with Crippen LogP contribution in [0.25, 0.3) is 0 Å². The topological polar surface area (TPSA) is 15.3 Å². The van der Waals surface area contributed by atoms with E-state index in [0.717, 1.165) is 6.54 Å². The summed E-state index contributed by atoms with van der Waals surface area (Å²) < 4.78 is 0. The van der Waals surface area contributed by atoms with Gasteiger partial charge in [0.25, 0.3) is 0 Å². The second-order valence-corrected chi connectivity index (χ2v) is 4.58. The number of hydrogen-bond acceptors (Lipinski definition) is 2. The molecule has 1 aromatic rings. The van der Waals surface area contributed by atoms with Gasteiger partial charge >= 0.3 is 0 Å². The Morgan fingerprint density at radius 1 is 1.47 bits per heavy atom. The zero-order valence-electron chi connectivity index (χ0n) is 10.0. The lowest BCUT2D eigenvalue weighted by Gasteiger charge is -2.20. The van der Waals surface area contributed by atoms with Gasteiger partial charge in [-0.2, -0.15) is 0 Å². The van der Waals surface area contributed by atoms with Gasteiger partial charge in [0.1, 0.15) is 0 Å². The van der Waals surface area contributed by atoms with Crippen LogP contribution in [0.5, 0.6) is 0 Å². The van der Waals surface area contributed by atoms with E-state index in [0.29, 0.717) is 12.0 Å². The van der Waals surface area contributed by atoms with Crippen LogP contribution in [0.2, 0.25) is 0 Å². The van der Waals surface area contributed by atoms with Crippen molar-refractivity contribution in [3.63, 3.8) is 0 Å². The minimum atomic E-state index is 0.424. The Morgan fingerprint density at radius 3 is 2.87 bits per heavy atom. The minimum absolute atomic E-state index is 0.424. The van der Waals surface area contributed by atoms with Crippen LogP contribution in [0.3, 0.4) is 0 Å². The quantitative estimate of drug-likeness (QED) is 0.796. The molecule has 0 aromatic heterocycles. The average molecular weight is 204 g/mol. The summed E-state index contributed by atoms with van der Waals surface area (Å²) in [5.74, 6) is 0.661. The second kappa shape index (κ2) is 3.86. The Bertz CT molecular complexity index is 360. The summed E-state index contributed by atoms with van der Waals surface area (Å²) in [5.41, 5.74) is 4.35. The number of nitrogens with one attached hydrogen (secondary N) is 1. The molecule has 2 atom stereocenters. The predicted octanol–water partition coefficient (Wildman–Crippen LogP) is 2.52. The van der Waals surface area contributed by atoms with Gasteiger partial charge in [0.05, 0.1) is 0 Å². The van der Waals surface area contributed by atoms with Crippen LogP contribution >= 0.6 is 0 Å². The molecule has 2 nitrogen and oxygen atoms in total. The molecule has 0 bridgehead atoms. The molecule has 2 heteroatoms. The lowest BCUT2D eigenvalue weighted by atomic mass is 9.98. The molecule has 0 aliphatic carbocycles. The van der Waals surface area contributed by atoms with Gasteiger partial charge in [0.2, 0.25) is 0 Å². The van der Waals surface area contributed by atoms with Gasteiger partial charge in [-0.15, -0.1) is 0 Å². The molecule has 0 fully saturated rings. The third-order valence-electron chi connectivity index (χ3n) is 3.46. The molecular weight excluding hydrogens is 184 g/mol. The van der Waals surface area contributed by atoms with Crippen molar-refractivity contribution >= 4 is 5.69 Å². The Labute approximate surface area is 92.3 Å². The summed E-state index contributed by atoms with van der Waals surface area (Å²) in [7, 11) is 4.21. The maximum atomic E-state index is 3.32. The molecule has 1 aliphatic heterocycles. The number of fused-ring (bicyclic) bond motifs is 1. The number of rotatable bonds is 2. The van der Waals surface area contributed by atoms with E-state index in [4.69, 9.17) is 0 Å². The Balaban J connectivity index is 2.50. The summed E-state index contributed by atoms with van der Waals surface area (Å²) >= 11 is 0. The first-order valence-corrected chi connectivity index (χ1v) is 5.66. The molecule has 2 rings (SSSR count). The normalized spacial score (nSPS) is 21.6. The van der Waals surface area contributed by atoms with Crippen LogP contribution in [0, 0.1) is 0 Å². The van der Waals surface area contributed by atoms with Crippen molar-refractivity contribution in [3.05, 3.63) is 29.3 Å². The van der Waals surface area contributed by atoms with Crippen LogP contribution in [0.1, 0.15) is 36.9 Å². The molecule has 15 heavy (non-hydrogen) atoms. The molecule has 2 unspecified atom stereocenters. The molecule has 1 aromatic carbocycles. The van der Waals surface area contributed by atoms with E-state index in [2.05, 4.69) is 49.3 Å². The summed E-state index contributed by atoms with van der Waals surface area (Å²) in [6, 6.07) is 7.09. The van der Waals surface area contributed by atoms with Crippen molar-refractivity contribution in [2.75, 3.05) is 25.5 Å². The van der Waals surface area contributed by atoms with E-state index >= 15 is 0 Å². The van der Waals surface area contributed by atoms with Gasteiger partial charge in [-0.3, -0.25) is 0 Å². The molecule has 0 amide bonds. The number of para-hydroxylation sites is 1. The van der Waals surface area contributed by atoms with Crippen LogP contribution < -0.4 is 10.2 Å².